The highest BCUT2D eigenvalue weighted by molar-refractivity contribution is 5.42. The van der Waals surface area contributed by atoms with E-state index < -0.39 is 6.10 Å². The van der Waals surface area contributed by atoms with E-state index in [4.69, 9.17) is 5.73 Å². The maximum Gasteiger partial charge on any atom is 0.104 e. The molecule has 0 saturated carbocycles. The van der Waals surface area contributed by atoms with Crippen LogP contribution in [0, 0.1) is 0 Å². The first-order valence-electron chi connectivity index (χ1n) is 6.21. The zero-order valence-electron chi connectivity index (χ0n) is 10.8. The summed E-state index contributed by atoms with van der Waals surface area (Å²) >= 11 is 0. The van der Waals surface area contributed by atoms with E-state index >= 15 is 0 Å². The largest absolute Gasteiger partial charge is 0.399 e. The Labute approximate surface area is 108 Å². The number of aliphatic hydroxyl groups is 1. The molecule has 1 atom stereocenters. The number of hydrogen-bond donors (Lipinski definition) is 2. The van der Waals surface area contributed by atoms with E-state index in [1.807, 2.05) is 24.3 Å². The summed E-state index contributed by atoms with van der Waals surface area (Å²) in [6, 6.07) is 15.4. The van der Waals surface area contributed by atoms with Crippen molar-refractivity contribution in [3.8, 4) is 0 Å². The molecule has 2 rings (SSSR count). The molecule has 0 heterocycles. The van der Waals surface area contributed by atoms with Crippen molar-refractivity contribution in [2.24, 2.45) is 0 Å². The van der Waals surface area contributed by atoms with E-state index in [1.54, 1.807) is 12.1 Å². The third-order valence-corrected chi connectivity index (χ3v) is 3.17. The van der Waals surface area contributed by atoms with E-state index in [1.165, 1.54) is 5.56 Å². The first-order valence-corrected chi connectivity index (χ1v) is 6.21. The van der Waals surface area contributed by atoms with Crippen LogP contribution in [-0.4, -0.2) is 5.11 Å². The van der Waals surface area contributed by atoms with E-state index in [2.05, 4.69) is 26.0 Å². The molecule has 0 fully saturated rings. The van der Waals surface area contributed by atoms with Crippen molar-refractivity contribution in [1.82, 2.24) is 0 Å². The monoisotopic (exact) mass is 241 g/mol. The van der Waals surface area contributed by atoms with Crippen LogP contribution in [0.25, 0.3) is 0 Å². The average molecular weight is 241 g/mol. The van der Waals surface area contributed by atoms with E-state index in [9.17, 15) is 5.11 Å². The molecule has 2 heteroatoms. The number of nitrogen functional groups attached to an aromatic ring is 1. The van der Waals surface area contributed by atoms with Crippen LogP contribution in [0.2, 0.25) is 0 Å². The Bertz CT molecular complexity index is 500. The second kappa shape index (κ2) is 5.23. The van der Waals surface area contributed by atoms with Crippen LogP contribution in [-0.2, 0) is 0 Å². The molecule has 3 N–H and O–H groups in total. The fourth-order valence-electron chi connectivity index (χ4n) is 1.93. The SMILES string of the molecule is CC(C)c1ccc(C(O)c2ccc(N)cc2)cc1. The number of rotatable bonds is 3. The van der Waals surface area contributed by atoms with Gasteiger partial charge in [0.2, 0.25) is 0 Å². The highest BCUT2D eigenvalue weighted by Crippen LogP contribution is 2.24. The standard InChI is InChI=1S/C16H19NO/c1-11(2)12-3-5-13(6-4-12)16(18)14-7-9-15(17)10-8-14/h3-11,16,18H,17H2,1-2H3. The fraction of sp³-hybridized carbons (Fsp3) is 0.250. The molecule has 0 spiro atoms. The normalized spacial score (nSPS) is 12.7. The quantitative estimate of drug-likeness (QED) is 0.808. The molecule has 0 radical (unpaired) electrons. The number of benzene rings is 2. The summed E-state index contributed by atoms with van der Waals surface area (Å²) in [6.45, 7) is 4.32. The summed E-state index contributed by atoms with van der Waals surface area (Å²) in [6.07, 6.45) is -0.591. The predicted molar refractivity (Wildman–Crippen MR) is 75.4 cm³/mol. The molecule has 2 nitrogen and oxygen atoms in total. The van der Waals surface area contributed by atoms with Gasteiger partial charge in [-0.2, -0.15) is 0 Å². The van der Waals surface area contributed by atoms with Crippen molar-refractivity contribution < 1.29 is 5.11 Å². The molecule has 18 heavy (non-hydrogen) atoms. The molecule has 0 aliphatic rings. The Hall–Kier alpha value is -1.80. The van der Waals surface area contributed by atoms with Crippen LogP contribution < -0.4 is 5.73 Å². The molecular formula is C16H19NO. The molecule has 2 aromatic carbocycles. The first-order chi connectivity index (χ1) is 8.58. The summed E-state index contributed by atoms with van der Waals surface area (Å²) in [5.41, 5.74) is 9.40. The Kier molecular flexibility index (Phi) is 3.68. The van der Waals surface area contributed by atoms with Gasteiger partial charge in [0.05, 0.1) is 0 Å². The predicted octanol–water partition coefficient (Wildman–Crippen LogP) is 3.47. The van der Waals surface area contributed by atoms with Gasteiger partial charge in [-0.3, -0.25) is 0 Å². The van der Waals surface area contributed by atoms with Crippen LogP contribution in [0.15, 0.2) is 48.5 Å². The van der Waals surface area contributed by atoms with Gasteiger partial charge in [0.1, 0.15) is 6.10 Å². The van der Waals surface area contributed by atoms with E-state index in [0.717, 1.165) is 11.1 Å². The molecule has 0 bridgehead atoms. The molecule has 0 aliphatic heterocycles. The average Bonchev–Trinajstić information content (AvgIpc) is 2.39. The second-order valence-electron chi connectivity index (χ2n) is 4.89. The van der Waals surface area contributed by atoms with Crippen LogP contribution in [0.3, 0.4) is 0 Å². The zero-order valence-corrected chi connectivity index (χ0v) is 10.8. The summed E-state index contributed by atoms with van der Waals surface area (Å²) in [5, 5.41) is 10.3. The Balaban J connectivity index is 2.23. The van der Waals surface area contributed by atoms with Gasteiger partial charge in [0.15, 0.2) is 0 Å². The Morgan fingerprint density at radius 3 is 1.61 bits per heavy atom. The van der Waals surface area contributed by atoms with Crippen molar-refractivity contribution in [3.05, 3.63) is 65.2 Å². The molecule has 1 unspecified atom stereocenters. The van der Waals surface area contributed by atoms with Crippen LogP contribution >= 0.6 is 0 Å². The van der Waals surface area contributed by atoms with Gasteiger partial charge in [-0.15, -0.1) is 0 Å². The number of anilines is 1. The summed E-state index contributed by atoms with van der Waals surface area (Å²) in [5.74, 6) is 0.507. The molecule has 0 aromatic heterocycles. The summed E-state index contributed by atoms with van der Waals surface area (Å²) in [4.78, 5) is 0. The highest BCUT2D eigenvalue weighted by Gasteiger charge is 2.10. The van der Waals surface area contributed by atoms with Gasteiger partial charge in [0, 0.05) is 5.69 Å². The minimum Gasteiger partial charge on any atom is -0.399 e. The molecule has 94 valence electrons. The third kappa shape index (κ3) is 2.71. The Morgan fingerprint density at radius 1 is 0.778 bits per heavy atom. The number of nitrogens with two attached hydrogens (primary N) is 1. The van der Waals surface area contributed by atoms with Crippen LogP contribution in [0.5, 0.6) is 0 Å². The van der Waals surface area contributed by atoms with Crippen molar-refractivity contribution in [2.45, 2.75) is 25.9 Å². The molecule has 0 amide bonds. The third-order valence-electron chi connectivity index (χ3n) is 3.17. The molecule has 0 aliphatic carbocycles. The molecular weight excluding hydrogens is 222 g/mol. The number of aliphatic hydroxyl groups excluding tert-OH is 1. The summed E-state index contributed by atoms with van der Waals surface area (Å²) < 4.78 is 0. The molecule has 2 aromatic rings. The van der Waals surface area contributed by atoms with Crippen LogP contribution in [0.1, 0.15) is 42.6 Å². The van der Waals surface area contributed by atoms with Crippen molar-refractivity contribution >= 4 is 5.69 Å². The minimum absolute atomic E-state index is 0.507. The van der Waals surface area contributed by atoms with Gasteiger partial charge < -0.3 is 10.8 Å². The maximum absolute atomic E-state index is 10.3. The van der Waals surface area contributed by atoms with Gasteiger partial charge in [-0.05, 0) is 34.7 Å². The lowest BCUT2D eigenvalue weighted by Crippen LogP contribution is -2.00. The smallest absolute Gasteiger partial charge is 0.104 e. The Morgan fingerprint density at radius 2 is 1.17 bits per heavy atom. The number of hydrogen-bond acceptors (Lipinski definition) is 2. The van der Waals surface area contributed by atoms with Gasteiger partial charge in [0.25, 0.3) is 0 Å². The van der Waals surface area contributed by atoms with E-state index in [-0.39, 0.29) is 0 Å². The first kappa shape index (κ1) is 12.7. The highest BCUT2D eigenvalue weighted by atomic mass is 16.3. The zero-order chi connectivity index (χ0) is 13.1. The molecule has 0 saturated heterocycles. The van der Waals surface area contributed by atoms with Gasteiger partial charge >= 0.3 is 0 Å². The van der Waals surface area contributed by atoms with Gasteiger partial charge in [-0.1, -0.05) is 50.2 Å². The lowest BCUT2D eigenvalue weighted by Gasteiger charge is -2.13. The van der Waals surface area contributed by atoms with Crippen LogP contribution in [0.4, 0.5) is 5.69 Å². The second-order valence-corrected chi connectivity index (χ2v) is 4.89. The van der Waals surface area contributed by atoms with Crippen molar-refractivity contribution in [2.75, 3.05) is 5.73 Å². The lowest BCUT2D eigenvalue weighted by atomic mass is 9.97. The maximum atomic E-state index is 10.3. The summed E-state index contributed by atoms with van der Waals surface area (Å²) in [7, 11) is 0. The van der Waals surface area contributed by atoms with Gasteiger partial charge in [-0.25, -0.2) is 0 Å². The topological polar surface area (TPSA) is 46.2 Å². The fourth-order valence-corrected chi connectivity index (χ4v) is 1.93. The van der Waals surface area contributed by atoms with E-state index in [0.29, 0.717) is 11.6 Å². The lowest BCUT2D eigenvalue weighted by molar-refractivity contribution is 0.220. The van der Waals surface area contributed by atoms with Crippen molar-refractivity contribution in [1.29, 1.82) is 0 Å². The minimum atomic E-state index is -0.591. The van der Waals surface area contributed by atoms with Crippen molar-refractivity contribution in [3.63, 3.8) is 0 Å².